The molecule has 5 heteroatoms. The van der Waals surface area contributed by atoms with E-state index in [2.05, 4.69) is 0 Å². The van der Waals surface area contributed by atoms with Crippen LogP contribution >= 0.6 is 0 Å². The zero-order chi connectivity index (χ0) is 5.91. The molecule has 0 heterocycles. The van der Waals surface area contributed by atoms with E-state index in [0.717, 1.165) is 0 Å². The number of alkyl halides is 3. The second kappa shape index (κ2) is 1.81. The van der Waals surface area contributed by atoms with Gasteiger partial charge in [0.15, 0.2) is 0 Å². The van der Waals surface area contributed by atoms with Crippen LogP contribution in [0.3, 0.4) is 0 Å². The first-order valence-corrected chi connectivity index (χ1v) is 1.31. The van der Waals surface area contributed by atoms with Crippen LogP contribution in [-0.4, -0.2) is 17.6 Å². The van der Waals surface area contributed by atoms with Crippen molar-refractivity contribution in [3.05, 3.63) is 0 Å². The third-order valence-corrected chi connectivity index (χ3v) is 0.204. The Morgan fingerprint density at radius 1 is 1.43 bits per heavy atom. The lowest BCUT2D eigenvalue weighted by Crippen LogP contribution is -2.07. The predicted octanol–water partition coefficient (Wildman–Crippen LogP) is 1.01. The molecule has 0 saturated heterocycles. The Hall–Kier alpha value is -0.740. The van der Waals surface area contributed by atoms with Gasteiger partial charge in [-0.25, -0.2) is 0 Å². The van der Waals surface area contributed by atoms with E-state index in [1.807, 2.05) is 0 Å². The fourth-order valence-corrected chi connectivity index (χ4v) is 0.0655. The Balaban J connectivity index is 3.56. The van der Waals surface area contributed by atoms with Crippen LogP contribution in [0.4, 0.5) is 13.2 Å². The molecule has 0 aliphatic heterocycles. The van der Waals surface area contributed by atoms with Crippen molar-refractivity contribution in [3.8, 4) is 0 Å². The van der Waals surface area contributed by atoms with Crippen LogP contribution in [0.2, 0.25) is 0 Å². The number of hydrogen-bond donors (Lipinski definition) is 1. The zero-order valence-corrected chi connectivity index (χ0v) is 3.11. The van der Waals surface area contributed by atoms with Crippen LogP contribution in [-0.2, 0) is 0 Å². The molecule has 0 aliphatic rings. The van der Waals surface area contributed by atoms with Gasteiger partial charge in [-0.3, -0.25) is 0 Å². The van der Waals surface area contributed by atoms with Crippen LogP contribution < -0.4 is 0 Å². The van der Waals surface area contributed by atoms with Gasteiger partial charge in [-0.15, -0.1) is 0 Å². The largest absolute Gasteiger partial charge is 0.429 e. The molecule has 0 fully saturated rings. The summed E-state index contributed by atoms with van der Waals surface area (Å²) in [5.74, 6) is 0. The van der Waals surface area contributed by atoms with E-state index >= 15 is 0 Å². The van der Waals surface area contributed by atoms with Crippen LogP contribution in [0.1, 0.15) is 0 Å². The molecule has 42 valence electrons. The van der Waals surface area contributed by atoms with Gasteiger partial charge in [0.1, 0.15) is 6.21 Å². The topological polar surface area (TPSA) is 32.6 Å². The number of oxime groups is 1. The molecule has 2 nitrogen and oxygen atoms in total. The highest BCUT2D eigenvalue weighted by Crippen LogP contribution is 2.09. The smallest absolute Gasteiger partial charge is 0.411 e. The van der Waals surface area contributed by atoms with E-state index in [1.54, 1.807) is 5.16 Å². The van der Waals surface area contributed by atoms with Gasteiger partial charge in [0.25, 0.3) is 0 Å². The summed E-state index contributed by atoms with van der Waals surface area (Å²) in [6.07, 6.45) is -5.00. The van der Waals surface area contributed by atoms with E-state index in [9.17, 15) is 13.2 Å². The Morgan fingerprint density at radius 2 is 1.86 bits per heavy atom. The summed E-state index contributed by atoms with van der Waals surface area (Å²) in [7, 11) is 0. The van der Waals surface area contributed by atoms with Crippen molar-refractivity contribution < 1.29 is 18.4 Å². The summed E-state index contributed by atoms with van der Waals surface area (Å²) in [5, 5.41) is 9.01. The average Bonchev–Trinajstić information content (AvgIpc) is 1.30. The van der Waals surface area contributed by atoms with Crippen molar-refractivity contribution in [2.45, 2.75) is 6.18 Å². The van der Waals surface area contributed by atoms with Crippen LogP contribution in [0.5, 0.6) is 0 Å². The minimum absolute atomic E-state index is 0.507. The summed E-state index contributed by atoms with van der Waals surface area (Å²) in [5.41, 5.74) is 0. The SMILES string of the molecule is O/N=C/C(F)(F)F. The summed E-state index contributed by atoms with van der Waals surface area (Å²) in [6, 6.07) is 0. The lowest BCUT2D eigenvalue weighted by Gasteiger charge is -1.91. The highest BCUT2D eigenvalue weighted by molar-refractivity contribution is 5.62. The first-order valence-electron chi connectivity index (χ1n) is 1.31. The van der Waals surface area contributed by atoms with Gasteiger partial charge < -0.3 is 5.21 Å². The molecule has 0 radical (unpaired) electrons. The molecule has 0 unspecified atom stereocenters. The second-order valence-electron chi connectivity index (χ2n) is 0.786. The second-order valence-corrected chi connectivity index (χ2v) is 0.786. The monoisotopic (exact) mass is 113 g/mol. The van der Waals surface area contributed by atoms with Gasteiger partial charge in [-0.2, -0.15) is 13.2 Å². The Labute approximate surface area is 37.2 Å². The highest BCUT2D eigenvalue weighted by Gasteiger charge is 2.23. The van der Waals surface area contributed by atoms with E-state index < -0.39 is 12.4 Å². The van der Waals surface area contributed by atoms with Gasteiger partial charge in [0.05, 0.1) is 0 Å². The molecule has 1 N–H and O–H groups in total. The molecular formula is C2H2F3NO. The van der Waals surface area contributed by atoms with Gasteiger partial charge >= 0.3 is 6.18 Å². The Bertz CT molecular complexity index is 75.5. The third-order valence-electron chi connectivity index (χ3n) is 0.204. The number of halogens is 3. The van der Waals surface area contributed by atoms with Crippen LogP contribution in [0.15, 0.2) is 5.16 Å². The minimum atomic E-state index is -4.49. The third kappa shape index (κ3) is 5.26. The van der Waals surface area contributed by atoms with Crippen LogP contribution in [0, 0.1) is 0 Å². The van der Waals surface area contributed by atoms with Crippen molar-refractivity contribution in [3.63, 3.8) is 0 Å². The Morgan fingerprint density at radius 3 is 1.86 bits per heavy atom. The first-order chi connectivity index (χ1) is 3.06. The van der Waals surface area contributed by atoms with Crippen LogP contribution in [0.25, 0.3) is 0 Å². The maximum Gasteiger partial charge on any atom is 0.429 e. The van der Waals surface area contributed by atoms with Gasteiger partial charge in [0.2, 0.25) is 0 Å². The summed E-state index contributed by atoms with van der Waals surface area (Å²) < 4.78 is 32.2. The summed E-state index contributed by atoms with van der Waals surface area (Å²) >= 11 is 0. The van der Waals surface area contributed by atoms with Gasteiger partial charge in [0, 0.05) is 0 Å². The standard InChI is InChI=1S/C2H2F3NO/c3-2(4,5)1-6-7/h1,7H/b6-1+. The number of hydrogen-bond acceptors (Lipinski definition) is 2. The molecule has 0 aromatic heterocycles. The number of rotatable bonds is 0. The van der Waals surface area contributed by atoms with Crippen molar-refractivity contribution in [2.24, 2.45) is 5.16 Å². The summed E-state index contributed by atoms with van der Waals surface area (Å²) in [4.78, 5) is 0. The quantitative estimate of drug-likeness (QED) is 0.284. The molecule has 0 rings (SSSR count). The number of nitrogens with zero attached hydrogens (tertiary/aromatic N) is 1. The molecule has 0 bridgehead atoms. The fourth-order valence-electron chi connectivity index (χ4n) is 0.0655. The van der Waals surface area contributed by atoms with Crippen molar-refractivity contribution in [2.75, 3.05) is 0 Å². The molecule has 7 heavy (non-hydrogen) atoms. The molecule has 0 atom stereocenters. The maximum absolute atomic E-state index is 10.7. The minimum Gasteiger partial charge on any atom is -0.411 e. The average molecular weight is 113 g/mol. The molecule has 0 aromatic rings. The molecule has 0 aliphatic carbocycles. The Kier molecular flexibility index (Phi) is 1.62. The predicted molar refractivity (Wildman–Crippen MR) is 16.3 cm³/mol. The molecule has 0 spiro atoms. The lowest BCUT2D eigenvalue weighted by molar-refractivity contribution is -0.0553. The van der Waals surface area contributed by atoms with E-state index in [1.165, 1.54) is 0 Å². The van der Waals surface area contributed by atoms with E-state index in [0.29, 0.717) is 0 Å². The lowest BCUT2D eigenvalue weighted by atomic mass is 10.7. The summed E-state index contributed by atoms with van der Waals surface area (Å²) in [6.45, 7) is 0. The molecule has 0 aromatic carbocycles. The molecule has 0 saturated carbocycles. The molecular weight excluding hydrogens is 111 g/mol. The van der Waals surface area contributed by atoms with E-state index in [4.69, 9.17) is 5.21 Å². The first kappa shape index (κ1) is 6.26. The maximum atomic E-state index is 10.7. The zero-order valence-electron chi connectivity index (χ0n) is 3.11. The van der Waals surface area contributed by atoms with Gasteiger partial charge in [-0.05, 0) is 0 Å². The van der Waals surface area contributed by atoms with Crippen molar-refractivity contribution in [1.82, 2.24) is 0 Å². The van der Waals surface area contributed by atoms with Crippen molar-refractivity contribution in [1.29, 1.82) is 0 Å². The highest BCUT2D eigenvalue weighted by atomic mass is 19.4. The van der Waals surface area contributed by atoms with E-state index in [-0.39, 0.29) is 0 Å². The van der Waals surface area contributed by atoms with Crippen molar-refractivity contribution >= 4 is 6.21 Å². The fraction of sp³-hybridized carbons (Fsp3) is 0.500. The normalized spacial score (nSPS) is 13.0. The van der Waals surface area contributed by atoms with Gasteiger partial charge in [-0.1, -0.05) is 5.16 Å². The molecule has 0 amide bonds.